The van der Waals surface area contributed by atoms with E-state index >= 15 is 0 Å². The summed E-state index contributed by atoms with van der Waals surface area (Å²) in [6.07, 6.45) is -0.168. The Hall–Kier alpha value is -1.54. The van der Waals surface area contributed by atoms with Crippen LogP contribution in [0.25, 0.3) is 0 Å². The van der Waals surface area contributed by atoms with Crippen LogP contribution in [-0.2, 0) is 4.79 Å². The van der Waals surface area contributed by atoms with Crippen LogP contribution < -0.4 is 10.1 Å². The molecule has 5 heteroatoms. The zero-order valence-electron chi connectivity index (χ0n) is 9.00. The smallest absolute Gasteiger partial charge is 0.238 e. The molecule has 0 aliphatic carbocycles. The first-order valence-corrected chi connectivity index (χ1v) is 5.39. The van der Waals surface area contributed by atoms with Crippen molar-refractivity contribution >= 4 is 27.5 Å². The Labute approximate surface area is 102 Å². The number of nitrogens with one attached hydrogen (secondary N) is 1. The molecule has 1 amide bonds. The minimum atomic E-state index is -0.345. The van der Waals surface area contributed by atoms with Crippen LogP contribution in [0.3, 0.4) is 0 Å². The van der Waals surface area contributed by atoms with Crippen molar-refractivity contribution in [3.63, 3.8) is 0 Å². The maximum Gasteiger partial charge on any atom is 0.238 e. The number of methoxy groups -OCH3 is 1. The third-order valence-corrected chi connectivity index (χ3v) is 2.92. The predicted octanol–water partition coefficient (Wildman–Crippen LogP) is 2.62. The maximum absolute atomic E-state index is 11.3. The topological polar surface area (TPSA) is 62.1 Å². The molecular weight excluding hydrogens is 272 g/mol. The zero-order valence-corrected chi connectivity index (χ0v) is 10.6. The maximum atomic E-state index is 11.3. The second kappa shape index (κ2) is 5.52. The van der Waals surface area contributed by atoms with Crippen LogP contribution >= 0.6 is 15.9 Å². The summed E-state index contributed by atoms with van der Waals surface area (Å²) >= 11 is 3.37. The highest BCUT2D eigenvalue weighted by Crippen LogP contribution is 2.33. The monoisotopic (exact) mass is 282 g/mol. The van der Waals surface area contributed by atoms with Crippen LogP contribution in [0.2, 0.25) is 0 Å². The van der Waals surface area contributed by atoms with Crippen LogP contribution in [0.15, 0.2) is 16.6 Å². The van der Waals surface area contributed by atoms with Crippen molar-refractivity contribution in [3.8, 4) is 11.8 Å². The van der Waals surface area contributed by atoms with Gasteiger partial charge in [-0.05, 0) is 19.1 Å². The third-order valence-electron chi connectivity index (χ3n) is 2.06. The van der Waals surface area contributed by atoms with Crippen molar-refractivity contribution in [2.24, 2.45) is 0 Å². The summed E-state index contributed by atoms with van der Waals surface area (Å²) in [5.41, 5.74) is 1.47. The number of ether oxygens (including phenoxy) is 1. The van der Waals surface area contributed by atoms with E-state index in [-0.39, 0.29) is 12.3 Å². The van der Waals surface area contributed by atoms with Gasteiger partial charge in [-0.1, -0.05) is 15.9 Å². The number of carbonyl (C=O) groups excluding carboxylic acids is 1. The van der Waals surface area contributed by atoms with E-state index in [1.165, 1.54) is 7.11 Å². The molecule has 16 heavy (non-hydrogen) atoms. The number of amides is 1. The van der Waals surface area contributed by atoms with Gasteiger partial charge in [0.05, 0.1) is 18.9 Å². The number of benzene rings is 1. The van der Waals surface area contributed by atoms with E-state index in [0.717, 1.165) is 10.0 Å². The Balaban J connectivity index is 3.01. The van der Waals surface area contributed by atoms with E-state index in [2.05, 4.69) is 21.2 Å². The van der Waals surface area contributed by atoms with Crippen LogP contribution in [0, 0.1) is 18.3 Å². The van der Waals surface area contributed by atoms with Crippen molar-refractivity contribution in [2.45, 2.75) is 13.3 Å². The van der Waals surface area contributed by atoms with Gasteiger partial charge in [0.15, 0.2) is 0 Å². The molecule has 1 rings (SSSR count). The molecule has 0 aliphatic rings. The second-order valence-electron chi connectivity index (χ2n) is 3.14. The van der Waals surface area contributed by atoms with Gasteiger partial charge in [-0.15, -0.1) is 0 Å². The van der Waals surface area contributed by atoms with Gasteiger partial charge in [0.25, 0.3) is 0 Å². The fourth-order valence-corrected chi connectivity index (χ4v) is 1.61. The number of hydrogen-bond acceptors (Lipinski definition) is 3. The second-order valence-corrected chi connectivity index (χ2v) is 3.99. The Morgan fingerprint density at radius 1 is 1.62 bits per heavy atom. The lowest BCUT2D eigenvalue weighted by molar-refractivity contribution is -0.115. The Bertz CT molecular complexity index is 452. The van der Waals surface area contributed by atoms with Gasteiger partial charge >= 0.3 is 0 Å². The van der Waals surface area contributed by atoms with Gasteiger partial charge in [-0.25, -0.2) is 0 Å². The molecule has 0 bridgehead atoms. The van der Waals surface area contributed by atoms with Gasteiger partial charge in [-0.2, -0.15) is 5.26 Å². The van der Waals surface area contributed by atoms with Gasteiger partial charge in [0, 0.05) is 10.0 Å². The molecule has 0 heterocycles. The summed E-state index contributed by atoms with van der Waals surface area (Å²) in [4.78, 5) is 11.3. The quantitative estimate of drug-likeness (QED) is 0.927. The number of nitrogens with zero attached hydrogens (tertiary/aromatic N) is 1. The molecule has 0 saturated heterocycles. The fourth-order valence-electron chi connectivity index (χ4n) is 1.30. The Kier molecular flexibility index (Phi) is 4.32. The number of halogens is 1. The molecule has 1 N–H and O–H groups in total. The lowest BCUT2D eigenvalue weighted by Gasteiger charge is -2.12. The number of hydrogen-bond donors (Lipinski definition) is 1. The first-order chi connectivity index (χ1) is 7.60. The molecule has 84 valence electrons. The van der Waals surface area contributed by atoms with Crippen molar-refractivity contribution in [3.05, 3.63) is 22.2 Å². The molecule has 0 saturated carbocycles. The fraction of sp³-hybridized carbons (Fsp3) is 0.273. The van der Waals surface area contributed by atoms with Crippen molar-refractivity contribution in [2.75, 3.05) is 12.4 Å². The Morgan fingerprint density at radius 3 is 2.88 bits per heavy atom. The molecule has 1 aromatic rings. The number of nitriles is 1. The number of rotatable bonds is 3. The standard InChI is InChI=1S/C11H11BrN2O2/c1-7-8(12)3-4-9(11(7)16-2)14-10(15)5-6-13/h3-4H,5H2,1-2H3,(H,14,15). The lowest BCUT2D eigenvalue weighted by Crippen LogP contribution is -2.11. The van der Waals surface area contributed by atoms with E-state index in [9.17, 15) is 4.79 Å². The third kappa shape index (κ3) is 2.74. The molecule has 0 spiro atoms. The molecule has 0 radical (unpaired) electrons. The summed E-state index contributed by atoms with van der Waals surface area (Å²) in [6, 6.07) is 5.34. The average molecular weight is 283 g/mol. The van der Waals surface area contributed by atoms with Crippen molar-refractivity contribution in [1.82, 2.24) is 0 Å². The van der Waals surface area contributed by atoms with Crippen molar-refractivity contribution in [1.29, 1.82) is 5.26 Å². The molecule has 0 atom stereocenters. The van der Waals surface area contributed by atoms with E-state index in [0.29, 0.717) is 11.4 Å². The molecule has 0 fully saturated rings. The highest BCUT2D eigenvalue weighted by atomic mass is 79.9. The first kappa shape index (κ1) is 12.5. The molecule has 0 aromatic heterocycles. The van der Waals surface area contributed by atoms with Gasteiger partial charge in [-0.3, -0.25) is 4.79 Å². The largest absolute Gasteiger partial charge is 0.494 e. The van der Waals surface area contributed by atoms with Crippen molar-refractivity contribution < 1.29 is 9.53 Å². The number of anilines is 1. The predicted molar refractivity (Wildman–Crippen MR) is 64.3 cm³/mol. The molecule has 0 aliphatic heterocycles. The minimum Gasteiger partial charge on any atom is -0.494 e. The molecule has 0 unspecified atom stereocenters. The molecular formula is C11H11BrN2O2. The highest BCUT2D eigenvalue weighted by Gasteiger charge is 2.11. The average Bonchev–Trinajstić information content (AvgIpc) is 2.24. The molecule has 4 nitrogen and oxygen atoms in total. The van der Waals surface area contributed by atoms with E-state index in [4.69, 9.17) is 10.00 Å². The van der Waals surface area contributed by atoms with Gasteiger partial charge < -0.3 is 10.1 Å². The summed E-state index contributed by atoms with van der Waals surface area (Å²) in [7, 11) is 1.54. The summed E-state index contributed by atoms with van der Waals surface area (Å²) in [5, 5.41) is 11.0. The summed E-state index contributed by atoms with van der Waals surface area (Å²) < 4.78 is 6.11. The summed E-state index contributed by atoms with van der Waals surface area (Å²) in [5.74, 6) is 0.253. The van der Waals surface area contributed by atoms with E-state index in [1.807, 2.05) is 13.0 Å². The Morgan fingerprint density at radius 2 is 2.31 bits per heavy atom. The zero-order chi connectivity index (χ0) is 12.1. The first-order valence-electron chi connectivity index (χ1n) is 4.60. The van der Waals surface area contributed by atoms with Crippen LogP contribution in [0.4, 0.5) is 5.69 Å². The number of carbonyl (C=O) groups is 1. The SMILES string of the molecule is COc1c(NC(=O)CC#N)ccc(Br)c1C. The highest BCUT2D eigenvalue weighted by molar-refractivity contribution is 9.10. The lowest BCUT2D eigenvalue weighted by atomic mass is 10.2. The van der Waals surface area contributed by atoms with Gasteiger partial charge in [0.2, 0.25) is 5.91 Å². The normalized spacial score (nSPS) is 9.38. The minimum absolute atomic E-state index is 0.168. The van der Waals surface area contributed by atoms with Crippen LogP contribution in [0.1, 0.15) is 12.0 Å². The summed E-state index contributed by atoms with van der Waals surface area (Å²) in [6.45, 7) is 1.88. The van der Waals surface area contributed by atoms with Gasteiger partial charge in [0.1, 0.15) is 12.2 Å². The van der Waals surface area contributed by atoms with Crippen LogP contribution in [0.5, 0.6) is 5.75 Å². The van der Waals surface area contributed by atoms with E-state index in [1.54, 1.807) is 12.1 Å². The van der Waals surface area contributed by atoms with E-state index < -0.39 is 0 Å². The van der Waals surface area contributed by atoms with Crippen LogP contribution in [-0.4, -0.2) is 13.0 Å². The molecule has 1 aromatic carbocycles.